The van der Waals surface area contributed by atoms with Crippen molar-refractivity contribution in [2.24, 2.45) is 0 Å². The van der Waals surface area contributed by atoms with Gasteiger partial charge in [-0.1, -0.05) is 30.3 Å². The largest absolute Gasteiger partial charge is 0.419 e. The van der Waals surface area contributed by atoms with Crippen molar-refractivity contribution < 1.29 is 13.9 Å². The number of nitriles is 1. The second-order valence-electron chi connectivity index (χ2n) is 9.01. The molecule has 2 aromatic carbocycles. The van der Waals surface area contributed by atoms with E-state index in [0.29, 0.717) is 31.7 Å². The van der Waals surface area contributed by atoms with Gasteiger partial charge in [0.25, 0.3) is 5.91 Å². The number of rotatable bonds is 8. The highest BCUT2D eigenvalue weighted by molar-refractivity contribution is 5.82. The molecule has 2 unspecified atom stereocenters. The molecule has 0 radical (unpaired) electrons. The van der Waals surface area contributed by atoms with Crippen LogP contribution < -0.4 is 16.4 Å². The Kier molecular flexibility index (Phi) is 7.98. The van der Waals surface area contributed by atoms with E-state index >= 15 is 0 Å². The average molecular weight is 478 g/mol. The fourth-order valence-corrected chi connectivity index (χ4v) is 4.10. The maximum Gasteiger partial charge on any atom is 0.419 e. The number of hydrogen-bond donors (Lipinski definition) is 2. The summed E-state index contributed by atoms with van der Waals surface area (Å²) in [7, 11) is 3.93. The monoisotopic (exact) mass is 477 g/mol. The summed E-state index contributed by atoms with van der Waals surface area (Å²) in [6.07, 6.45) is 0.677. The van der Waals surface area contributed by atoms with Crippen LogP contribution in [0.15, 0.2) is 51.7 Å². The number of ether oxygens (including phenoxy) is 1. The predicted molar refractivity (Wildman–Crippen MR) is 133 cm³/mol. The van der Waals surface area contributed by atoms with Crippen LogP contribution in [0.1, 0.15) is 12.0 Å². The first kappa shape index (κ1) is 24.7. The fraction of sp³-hybridized carbons (Fsp3) is 0.423. The Hall–Kier alpha value is -3.45. The van der Waals surface area contributed by atoms with E-state index in [1.807, 2.05) is 61.5 Å². The van der Waals surface area contributed by atoms with Gasteiger partial charge < -0.3 is 24.7 Å². The highest BCUT2D eigenvalue weighted by Gasteiger charge is 2.23. The molecule has 9 heteroatoms. The van der Waals surface area contributed by atoms with Crippen molar-refractivity contribution in [3.05, 3.63) is 58.6 Å². The van der Waals surface area contributed by atoms with Crippen LogP contribution in [0.5, 0.6) is 0 Å². The van der Waals surface area contributed by atoms with E-state index in [9.17, 15) is 14.9 Å². The third kappa shape index (κ3) is 6.17. The molecule has 1 aliphatic rings. The van der Waals surface area contributed by atoms with E-state index in [1.165, 1.54) is 0 Å². The van der Waals surface area contributed by atoms with Crippen molar-refractivity contribution >= 4 is 17.0 Å². The van der Waals surface area contributed by atoms with Gasteiger partial charge in [-0.05, 0) is 55.9 Å². The lowest BCUT2D eigenvalue weighted by atomic mass is 10.0. The zero-order chi connectivity index (χ0) is 24.8. The van der Waals surface area contributed by atoms with Crippen LogP contribution in [0.4, 0.5) is 0 Å². The van der Waals surface area contributed by atoms with E-state index in [1.54, 1.807) is 4.57 Å². The number of hydrogen-bond acceptors (Lipinski definition) is 7. The van der Waals surface area contributed by atoms with Gasteiger partial charge in [0, 0.05) is 32.7 Å². The first-order valence-corrected chi connectivity index (χ1v) is 11.8. The number of fused-ring (bicyclic) bond motifs is 1. The zero-order valence-electron chi connectivity index (χ0n) is 20.1. The molecule has 1 fully saturated rings. The number of oxazole rings is 1. The molecule has 4 rings (SSSR count). The number of likely N-dealkylation sites (N-methyl/N-ethyl adjacent to an activating group) is 1. The standard InChI is InChI=1S/C26H31N5O4/c1-30(2)11-12-31-22-15-20(8-9-23(22)35-26(31)33)19-6-4-18(5-7-19)14-21(16-27)29-25(32)24-17-28-10-3-13-34-24/h4-9,15,21,24,28H,3,10-14,17H2,1-2H3,(H,29,32). The van der Waals surface area contributed by atoms with Crippen molar-refractivity contribution in [2.45, 2.75) is 31.5 Å². The molecule has 2 heterocycles. The molecule has 1 aromatic heterocycles. The molecule has 0 spiro atoms. The molecule has 1 saturated heterocycles. The third-order valence-electron chi connectivity index (χ3n) is 6.08. The Morgan fingerprint density at radius 3 is 2.77 bits per heavy atom. The first-order valence-electron chi connectivity index (χ1n) is 11.8. The SMILES string of the molecule is CN(C)CCn1c(=O)oc2ccc(-c3ccc(CC(C#N)NC(=O)C4CNCCCO4)cc3)cc21. The highest BCUT2D eigenvalue weighted by Crippen LogP contribution is 2.25. The number of carbonyl (C=O) groups is 1. The van der Waals surface area contributed by atoms with E-state index in [4.69, 9.17) is 9.15 Å². The minimum Gasteiger partial charge on any atom is -0.408 e. The number of amides is 1. The van der Waals surface area contributed by atoms with Crippen molar-refractivity contribution in [3.8, 4) is 17.2 Å². The molecule has 9 nitrogen and oxygen atoms in total. The molecular weight excluding hydrogens is 446 g/mol. The van der Waals surface area contributed by atoms with Gasteiger partial charge in [-0.25, -0.2) is 4.79 Å². The lowest BCUT2D eigenvalue weighted by Gasteiger charge is -2.18. The first-order chi connectivity index (χ1) is 16.9. The molecule has 0 saturated carbocycles. The van der Waals surface area contributed by atoms with Crippen molar-refractivity contribution in [3.63, 3.8) is 0 Å². The van der Waals surface area contributed by atoms with Crippen LogP contribution in [0.25, 0.3) is 22.2 Å². The highest BCUT2D eigenvalue weighted by atomic mass is 16.5. The van der Waals surface area contributed by atoms with E-state index in [-0.39, 0.29) is 11.7 Å². The maximum atomic E-state index is 12.5. The fourth-order valence-electron chi connectivity index (χ4n) is 4.10. The van der Waals surface area contributed by atoms with Crippen LogP contribution in [-0.2, 0) is 22.5 Å². The van der Waals surface area contributed by atoms with Crippen molar-refractivity contribution in [1.82, 2.24) is 20.1 Å². The molecule has 184 valence electrons. The number of nitrogens with one attached hydrogen (secondary N) is 2. The Labute approximate surface area is 204 Å². The van der Waals surface area contributed by atoms with Gasteiger partial charge >= 0.3 is 5.76 Å². The van der Waals surface area contributed by atoms with Gasteiger partial charge in [-0.3, -0.25) is 9.36 Å². The Balaban J connectivity index is 1.45. The van der Waals surface area contributed by atoms with Crippen molar-refractivity contribution in [1.29, 1.82) is 5.26 Å². The summed E-state index contributed by atoms with van der Waals surface area (Å²) in [4.78, 5) is 26.8. The maximum absolute atomic E-state index is 12.5. The summed E-state index contributed by atoms with van der Waals surface area (Å²) in [6, 6.07) is 15.1. The van der Waals surface area contributed by atoms with Gasteiger partial charge in [0.2, 0.25) is 0 Å². The summed E-state index contributed by atoms with van der Waals surface area (Å²) >= 11 is 0. The average Bonchev–Trinajstić information content (AvgIpc) is 3.00. The minimum atomic E-state index is -0.645. The third-order valence-corrected chi connectivity index (χ3v) is 6.08. The van der Waals surface area contributed by atoms with E-state index in [2.05, 4.69) is 16.7 Å². The molecule has 1 aliphatic heterocycles. The lowest BCUT2D eigenvalue weighted by Crippen LogP contribution is -2.46. The van der Waals surface area contributed by atoms with Crippen LogP contribution in [0.2, 0.25) is 0 Å². The minimum absolute atomic E-state index is 0.267. The second kappa shape index (κ2) is 11.3. The summed E-state index contributed by atoms with van der Waals surface area (Å²) in [5.74, 6) is -0.625. The summed E-state index contributed by atoms with van der Waals surface area (Å²) < 4.78 is 12.6. The number of nitrogens with zero attached hydrogens (tertiary/aromatic N) is 3. The van der Waals surface area contributed by atoms with Crippen molar-refractivity contribution in [2.75, 3.05) is 40.3 Å². The summed E-state index contributed by atoms with van der Waals surface area (Å²) in [6.45, 7) is 3.07. The summed E-state index contributed by atoms with van der Waals surface area (Å²) in [5, 5.41) is 15.5. The smallest absolute Gasteiger partial charge is 0.408 e. The predicted octanol–water partition coefficient (Wildman–Crippen LogP) is 1.75. The topological polar surface area (TPSA) is 113 Å². The number of benzene rings is 2. The summed E-state index contributed by atoms with van der Waals surface area (Å²) in [5.41, 5.74) is 4.22. The van der Waals surface area contributed by atoms with Crippen LogP contribution >= 0.6 is 0 Å². The Morgan fingerprint density at radius 2 is 2.03 bits per heavy atom. The zero-order valence-corrected chi connectivity index (χ0v) is 20.1. The number of carbonyl (C=O) groups excluding carboxylic acids is 1. The van der Waals surface area contributed by atoms with Crippen LogP contribution in [-0.4, -0.2) is 67.9 Å². The molecule has 1 amide bonds. The molecule has 3 aromatic rings. The van der Waals surface area contributed by atoms with E-state index in [0.717, 1.165) is 41.7 Å². The number of aromatic nitrogens is 1. The van der Waals surface area contributed by atoms with Crippen LogP contribution in [0.3, 0.4) is 0 Å². The second-order valence-corrected chi connectivity index (χ2v) is 9.01. The quantitative estimate of drug-likeness (QED) is 0.508. The molecule has 35 heavy (non-hydrogen) atoms. The van der Waals surface area contributed by atoms with Gasteiger partial charge in [-0.15, -0.1) is 0 Å². The van der Waals surface area contributed by atoms with Gasteiger partial charge in [0.15, 0.2) is 5.58 Å². The molecule has 2 atom stereocenters. The Bertz CT molecular complexity index is 1250. The molecular formula is C26H31N5O4. The van der Waals surface area contributed by atoms with Crippen LogP contribution in [0, 0.1) is 11.3 Å². The molecule has 0 bridgehead atoms. The normalized spacial score (nSPS) is 17.1. The van der Waals surface area contributed by atoms with Gasteiger partial charge in [0.1, 0.15) is 12.1 Å². The van der Waals surface area contributed by atoms with E-state index < -0.39 is 12.1 Å². The van der Waals surface area contributed by atoms with Gasteiger partial charge in [0.05, 0.1) is 11.6 Å². The Morgan fingerprint density at radius 1 is 1.26 bits per heavy atom. The lowest BCUT2D eigenvalue weighted by molar-refractivity contribution is -0.132. The molecule has 0 aliphatic carbocycles. The molecule has 2 N–H and O–H groups in total. The van der Waals surface area contributed by atoms with Gasteiger partial charge in [-0.2, -0.15) is 5.26 Å².